The fourth-order valence-corrected chi connectivity index (χ4v) is 3.22. The van der Waals surface area contributed by atoms with Crippen LogP contribution in [-0.4, -0.2) is 33.1 Å². The predicted molar refractivity (Wildman–Crippen MR) is 120 cm³/mol. The third-order valence-electron chi connectivity index (χ3n) is 4.60. The first kappa shape index (κ1) is 20.7. The van der Waals surface area contributed by atoms with Gasteiger partial charge in [-0.05, 0) is 31.2 Å². The highest BCUT2D eigenvalue weighted by molar-refractivity contribution is 9.10. The number of rotatable bonds is 6. The Bertz CT molecular complexity index is 1150. The van der Waals surface area contributed by atoms with Crippen molar-refractivity contribution < 1.29 is 14.3 Å². The summed E-state index contributed by atoms with van der Waals surface area (Å²) in [6, 6.07) is 23.9. The summed E-state index contributed by atoms with van der Waals surface area (Å²) in [7, 11) is 0. The first-order chi connectivity index (χ1) is 15.0. The van der Waals surface area contributed by atoms with Crippen LogP contribution in [0.25, 0.3) is 17.1 Å². The van der Waals surface area contributed by atoms with Gasteiger partial charge in [0.1, 0.15) is 0 Å². The zero-order valence-electron chi connectivity index (χ0n) is 16.7. The highest BCUT2D eigenvalue weighted by Gasteiger charge is 2.21. The van der Waals surface area contributed by atoms with Crippen molar-refractivity contribution in [1.29, 1.82) is 0 Å². The van der Waals surface area contributed by atoms with Crippen molar-refractivity contribution in [3.8, 4) is 17.1 Å². The van der Waals surface area contributed by atoms with Crippen molar-refractivity contribution in [2.24, 2.45) is 0 Å². The summed E-state index contributed by atoms with van der Waals surface area (Å²) in [6.45, 7) is 1.62. The van der Waals surface area contributed by atoms with E-state index in [1.54, 1.807) is 28.9 Å². The number of esters is 1. The van der Waals surface area contributed by atoms with Gasteiger partial charge in [0.15, 0.2) is 18.2 Å². The van der Waals surface area contributed by atoms with Crippen molar-refractivity contribution in [3.05, 3.63) is 100 Å². The van der Waals surface area contributed by atoms with Crippen LogP contribution in [0.2, 0.25) is 0 Å². The minimum Gasteiger partial charge on any atom is -0.451 e. The summed E-state index contributed by atoms with van der Waals surface area (Å²) >= 11 is 3.42. The molecule has 0 aliphatic carbocycles. The van der Waals surface area contributed by atoms with Crippen LogP contribution in [0.5, 0.6) is 0 Å². The molecule has 31 heavy (non-hydrogen) atoms. The Balaban J connectivity index is 1.62. The molecule has 0 aliphatic heterocycles. The smallest absolute Gasteiger partial charge is 0.378 e. The number of hydrogen-bond donors (Lipinski definition) is 0. The third-order valence-corrected chi connectivity index (χ3v) is 5.13. The second-order valence-electron chi connectivity index (χ2n) is 6.88. The van der Waals surface area contributed by atoms with E-state index >= 15 is 0 Å². The molecular formula is C24H18BrN3O3. The Labute approximate surface area is 187 Å². The molecule has 3 aromatic carbocycles. The molecule has 0 spiro atoms. The standard InChI is InChI=1S/C24H18BrN3O3/c1-16-7-9-18(10-8-16)23-26-22(27-28(23)20-13-11-19(25)12-14-20)24(30)31-15-21(29)17-5-3-2-4-6-17/h2-14H,15H2,1H3. The molecule has 1 heterocycles. The van der Waals surface area contributed by atoms with E-state index in [1.165, 1.54) is 0 Å². The molecule has 7 heteroatoms. The number of ketones is 1. The summed E-state index contributed by atoms with van der Waals surface area (Å²) in [4.78, 5) is 29.2. The maximum atomic E-state index is 12.6. The second kappa shape index (κ2) is 9.06. The molecule has 0 unspecified atom stereocenters. The molecular weight excluding hydrogens is 458 g/mol. The summed E-state index contributed by atoms with van der Waals surface area (Å²) < 4.78 is 7.70. The lowest BCUT2D eigenvalue weighted by Gasteiger charge is -2.06. The number of halogens is 1. The van der Waals surface area contributed by atoms with Gasteiger partial charge in [0.05, 0.1) is 5.69 Å². The molecule has 0 atom stereocenters. The molecule has 0 aliphatic rings. The highest BCUT2D eigenvalue weighted by atomic mass is 79.9. The zero-order chi connectivity index (χ0) is 21.8. The lowest BCUT2D eigenvalue weighted by atomic mass is 10.1. The van der Waals surface area contributed by atoms with Crippen LogP contribution in [0.4, 0.5) is 0 Å². The van der Waals surface area contributed by atoms with Crippen LogP contribution >= 0.6 is 15.9 Å². The average molecular weight is 476 g/mol. The van der Waals surface area contributed by atoms with E-state index in [2.05, 4.69) is 26.0 Å². The van der Waals surface area contributed by atoms with Gasteiger partial charge in [0, 0.05) is 15.6 Å². The maximum Gasteiger partial charge on any atom is 0.378 e. The Morgan fingerprint density at radius 2 is 1.61 bits per heavy atom. The monoisotopic (exact) mass is 475 g/mol. The molecule has 4 aromatic rings. The Kier molecular flexibility index (Phi) is 6.04. The van der Waals surface area contributed by atoms with Crippen LogP contribution in [0.15, 0.2) is 83.3 Å². The first-order valence-corrected chi connectivity index (χ1v) is 10.4. The van der Waals surface area contributed by atoms with E-state index in [9.17, 15) is 9.59 Å². The number of Topliss-reactive ketones (excluding diaryl/α,β-unsaturated/α-hetero) is 1. The van der Waals surface area contributed by atoms with Crippen molar-refractivity contribution in [2.45, 2.75) is 6.92 Å². The second-order valence-corrected chi connectivity index (χ2v) is 7.79. The minimum absolute atomic E-state index is 0.112. The zero-order valence-corrected chi connectivity index (χ0v) is 18.2. The molecule has 154 valence electrons. The van der Waals surface area contributed by atoms with Crippen LogP contribution in [0.1, 0.15) is 26.5 Å². The van der Waals surface area contributed by atoms with Gasteiger partial charge < -0.3 is 4.74 Å². The molecule has 0 radical (unpaired) electrons. The predicted octanol–water partition coefficient (Wildman–Crippen LogP) is 5.04. The summed E-state index contributed by atoms with van der Waals surface area (Å²) in [5.74, 6) is -0.656. The number of carbonyl (C=O) groups excluding carboxylic acids is 2. The van der Waals surface area contributed by atoms with Gasteiger partial charge in [-0.25, -0.2) is 14.5 Å². The van der Waals surface area contributed by atoms with Crippen LogP contribution in [-0.2, 0) is 4.74 Å². The normalized spacial score (nSPS) is 10.6. The van der Waals surface area contributed by atoms with E-state index < -0.39 is 5.97 Å². The molecule has 0 saturated heterocycles. The lowest BCUT2D eigenvalue weighted by molar-refractivity contribution is 0.0462. The van der Waals surface area contributed by atoms with Gasteiger partial charge in [-0.1, -0.05) is 76.1 Å². The number of benzene rings is 3. The maximum absolute atomic E-state index is 12.6. The SMILES string of the molecule is Cc1ccc(-c2nc(C(=O)OCC(=O)c3ccccc3)nn2-c2ccc(Br)cc2)cc1. The van der Waals surface area contributed by atoms with Crippen molar-refractivity contribution >= 4 is 27.7 Å². The Morgan fingerprint density at radius 1 is 0.935 bits per heavy atom. The summed E-state index contributed by atoms with van der Waals surface area (Å²) in [5.41, 5.74) is 3.13. The molecule has 6 nitrogen and oxygen atoms in total. The van der Waals surface area contributed by atoms with Crippen molar-refractivity contribution in [3.63, 3.8) is 0 Å². The van der Waals surface area contributed by atoms with Crippen LogP contribution in [0.3, 0.4) is 0 Å². The number of ether oxygens (including phenoxy) is 1. The molecule has 4 rings (SSSR count). The van der Waals surface area contributed by atoms with Crippen molar-refractivity contribution in [1.82, 2.24) is 14.8 Å². The molecule has 0 N–H and O–H groups in total. The number of hydrogen-bond acceptors (Lipinski definition) is 5. The quantitative estimate of drug-likeness (QED) is 0.288. The molecule has 0 fully saturated rings. The number of nitrogens with zero attached hydrogens (tertiary/aromatic N) is 3. The summed E-state index contributed by atoms with van der Waals surface area (Å²) in [5, 5.41) is 4.36. The Morgan fingerprint density at radius 3 is 2.29 bits per heavy atom. The van der Waals surface area contributed by atoms with Gasteiger partial charge in [-0.3, -0.25) is 4.79 Å². The number of aryl methyl sites for hydroxylation is 1. The topological polar surface area (TPSA) is 74.1 Å². The van der Waals surface area contributed by atoms with Gasteiger partial charge >= 0.3 is 5.97 Å². The van der Waals surface area contributed by atoms with Crippen LogP contribution in [0, 0.1) is 6.92 Å². The van der Waals surface area contributed by atoms with Crippen molar-refractivity contribution in [2.75, 3.05) is 6.61 Å². The molecule has 0 bridgehead atoms. The number of aromatic nitrogens is 3. The lowest BCUT2D eigenvalue weighted by Crippen LogP contribution is -2.15. The van der Waals surface area contributed by atoms with E-state index in [0.29, 0.717) is 11.4 Å². The highest BCUT2D eigenvalue weighted by Crippen LogP contribution is 2.23. The molecule has 1 aromatic heterocycles. The van der Waals surface area contributed by atoms with E-state index in [1.807, 2.05) is 61.5 Å². The molecule has 0 amide bonds. The summed E-state index contributed by atoms with van der Waals surface area (Å²) in [6.07, 6.45) is 0. The number of carbonyl (C=O) groups is 2. The van der Waals surface area contributed by atoms with Crippen LogP contribution < -0.4 is 0 Å². The third kappa shape index (κ3) is 4.78. The minimum atomic E-state index is -0.756. The van der Waals surface area contributed by atoms with E-state index in [-0.39, 0.29) is 18.2 Å². The van der Waals surface area contributed by atoms with E-state index in [0.717, 1.165) is 21.3 Å². The van der Waals surface area contributed by atoms with Gasteiger partial charge in [0.25, 0.3) is 5.82 Å². The fraction of sp³-hybridized carbons (Fsp3) is 0.0833. The molecule has 0 saturated carbocycles. The van der Waals surface area contributed by atoms with Gasteiger partial charge in [-0.2, -0.15) is 0 Å². The first-order valence-electron chi connectivity index (χ1n) is 9.57. The fourth-order valence-electron chi connectivity index (χ4n) is 2.95. The van der Waals surface area contributed by atoms with Gasteiger partial charge in [0.2, 0.25) is 0 Å². The average Bonchev–Trinajstić information content (AvgIpc) is 3.24. The van der Waals surface area contributed by atoms with E-state index in [4.69, 9.17) is 4.74 Å². The largest absolute Gasteiger partial charge is 0.451 e. The Hall–Kier alpha value is -3.58. The van der Waals surface area contributed by atoms with Gasteiger partial charge in [-0.15, -0.1) is 5.10 Å².